The minimum Gasteiger partial charge on any atom is -0.368 e. The van der Waals surface area contributed by atoms with E-state index in [9.17, 15) is 0 Å². The number of rotatable bonds is 3. The zero-order chi connectivity index (χ0) is 15.0. The van der Waals surface area contributed by atoms with Gasteiger partial charge in [-0.1, -0.05) is 30.7 Å². The Morgan fingerprint density at radius 2 is 2.10 bits per heavy atom. The first kappa shape index (κ1) is 13.8. The third kappa shape index (κ3) is 2.55. The van der Waals surface area contributed by atoms with Gasteiger partial charge in [0.1, 0.15) is 5.82 Å². The van der Waals surface area contributed by atoms with E-state index in [0.717, 1.165) is 25.1 Å². The van der Waals surface area contributed by atoms with Gasteiger partial charge < -0.3 is 11.1 Å². The zero-order valence-electron chi connectivity index (χ0n) is 12.8. The van der Waals surface area contributed by atoms with Crippen LogP contribution in [0, 0.1) is 6.92 Å². The molecule has 5 heteroatoms. The molecule has 0 spiro atoms. The third-order valence-corrected chi connectivity index (χ3v) is 4.16. The summed E-state index contributed by atoms with van der Waals surface area (Å²) in [5.41, 5.74) is 9.62. The van der Waals surface area contributed by atoms with Gasteiger partial charge in [0.25, 0.3) is 0 Å². The minimum atomic E-state index is -0.153. The molecule has 0 saturated heterocycles. The Kier molecular flexibility index (Phi) is 3.27. The van der Waals surface area contributed by atoms with Gasteiger partial charge >= 0.3 is 0 Å². The average Bonchev–Trinajstić information content (AvgIpc) is 2.75. The molecule has 0 amide bonds. The monoisotopic (exact) mass is 283 g/mol. The fourth-order valence-electron chi connectivity index (χ4n) is 2.97. The number of anilines is 2. The highest BCUT2D eigenvalue weighted by Crippen LogP contribution is 2.39. The maximum Gasteiger partial charge on any atom is 0.228 e. The van der Waals surface area contributed by atoms with Crippen LogP contribution in [0.4, 0.5) is 11.9 Å². The van der Waals surface area contributed by atoms with Crippen LogP contribution in [-0.4, -0.2) is 15.0 Å². The molecule has 0 fully saturated rings. The quantitative estimate of drug-likeness (QED) is 0.905. The Morgan fingerprint density at radius 1 is 1.29 bits per heavy atom. The van der Waals surface area contributed by atoms with Crippen LogP contribution >= 0.6 is 0 Å². The summed E-state index contributed by atoms with van der Waals surface area (Å²) in [6.07, 6.45) is 2.84. The van der Waals surface area contributed by atoms with E-state index in [1.54, 1.807) is 0 Å². The van der Waals surface area contributed by atoms with Gasteiger partial charge in [0, 0.05) is 6.42 Å². The summed E-state index contributed by atoms with van der Waals surface area (Å²) >= 11 is 0. The number of benzene rings is 1. The average molecular weight is 283 g/mol. The lowest BCUT2D eigenvalue weighted by atomic mass is 9.93. The van der Waals surface area contributed by atoms with Crippen LogP contribution in [0.5, 0.6) is 0 Å². The first-order valence-corrected chi connectivity index (χ1v) is 7.39. The van der Waals surface area contributed by atoms with E-state index in [-0.39, 0.29) is 11.5 Å². The second kappa shape index (κ2) is 4.98. The Hall–Kier alpha value is -2.17. The predicted octanol–water partition coefficient (Wildman–Crippen LogP) is 2.60. The normalized spacial score (nSPS) is 20.3. The van der Waals surface area contributed by atoms with Gasteiger partial charge in [-0.15, -0.1) is 0 Å². The number of nitrogens with zero attached hydrogens (tertiary/aromatic N) is 3. The fraction of sp³-hybridized carbons (Fsp3) is 0.438. The Balaban J connectivity index is 1.96. The third-order valence-electron chi connectivity index (χ3n) is 4.16. The van der Waals surface area contributed by atoms with Crippen molar-refractivity contribution in [2.24, 2.45) is 0 Å². The molecule has 0 radical (unpaired) electrons. The number of nitrogen functional groups attached to an aromatic ring is 1. The van der Waals surface area contributed by atoms with Gasteiger partial charge in [-0.05, 0) is 37.8 Å². The van der Waals surface area contributed by atoms with E-state index in [0.29, 0.717) is 5.95 Å². The lowest BCUT2D eigenvalue weighted by molar-refractivity contribution is 0.533. The molecule has 0 bridgehead atoms. The second-order valence-corrected chi connectivity index (χ2v) is 5.90. The summed E-state index contributed by atoms with van der Waals surface area (Å²) < 4.78 is 0. The molecule has 1 heterocycles. The van der Waals surface area contributed by atoms with Gasteiger partial charge in [-0.3, -0.25) is 0 Å². The van der Waals surface area contributed by atoms with E-state index in [1.807, 2.05) is 6.92 Å². The number of hydrogen-bond acceptors (Lipinski definition) is 5. The first-order chi connectivity index (χ1) is 10.00. The molecule has 1 aromatic heterocycles. The van der Waals surface area contributed by atoms with Crippen molar-refractivity contribution in [3.05, 3.63) is 40.7 Å². The van der Waals surface area contributed by atoms with Crippen molar-refractivity contribution in [1.82, 2.24) is 15.0 Å². The van der Waals surface area contributed by atoms with Crippen molar-refractivity contribution in [3.8, 4) is 0 Å². The molecule has 0 unspecified atom stereocenters. The van der Waals surface area contributed by atoms with Crippen molar-refractivity contribution in [2.45, 2.75) is 45.6 Å². The molecular formula is C16H21N5. The Labute approximate surface area is 125 Å². The highest BCUT2D eigenvalue weighted by molar-refractivity contribution is 5.47. The van der Waals surface area contributed by atoms with Gasteiger partial charge in [-0.2, -0.15) is 15.0 Å². The van der Waals surface area contributed by atoms with Crippen LogP contribution in [0.1, 0.15) is 42.8 Å². The molecule has 0 saturated carbocycles. The zero-order valence-corrected chi connectivity index (χ0v) is 12.8. The number of fused-ring (bicyclic) bond motifs is 1. The summed E-state index contributed by atoms with van der Waals surface area (Å²) in [4.78, 5) is 12.8. The van der Waals surface area contributed by atoms with E-state index in [4.69, 9.17) is 5.73 Å². The van der Waals surface area contributed by atoms with Crippen molar-refractivity contribution < 1.29 is 0 Å². The molecule has 1 atom stereocenters. The number of nitrogens with one attached hydrogen (secondary N) is 1. The van der Waals surface area contributed by atoms with Crippen LogP contribution in [-0.2, 0) is 18.4 Å². The number of aromatic nitrogens is 3. The van der Waals surface area contributed by atoms with Gasteiger partial charge in [0.2, 0.25) is 11.9 Å². The SMILES string of the molecule is CCc1nc(N)nc(N[C@]2(C)CCc3ccc(C)cc32)n1. The highest BCUT2D eigenvalue weighted by atomic mass is 15.2. The molecule has 1 aliphatic rings. The van der Waals surface area contributed by atoms with E-state index in [2.05, 4.69) is 52.3 Å². The molecule has 3 rings (SSSR count). The highest BCUT2D eigenvalue weighted by Gasteiger charge is 2.35. The van der Waals surface area contributed by atoms with Crippen LogP contribution in [0.3, 0.4) is 0 Å². The lowest BCUT2D eigenvalue weighted by Gasteiger charge is -2.27. The molecule has 2 aromatic rings. The predicted molar refractivity (Wildman–Crippen MR) is 84.1 cm³/mol. The Bertz CT molecular complexity index is 682. The van der Waals surface area contributed by atoms with Crippen LogP contribution in [0.15, 0.2) is 18.2 Å². The molecule has 110 valence electrons. The van der Waals surface area contributed by atoms with Crippen LogP contribution in [0.2, 0.25) is 0 Å². The number of hydrogen-bond donors (Lipinski definition) is 2. The summed E-state index contributed by atoms with van der Waals surface area (Å²) in [5, 5.41) is 3.47. The van der Waals surface area contributed by atoms with E-state index >= 15 is 0 Å². The fourth-order valence-corrected chi connectivity index (χ4v) is 2.97. The van der Waals surface area contributed by atoms with Crippen LogP contribution in [0.25, 0.3) is 0 Å². The van der Waals surface area contributed by atoms with Gasteiger partial charge in [0.05, 0.1) is 5.54 Å². The maximum atomic E-state index is 5.77. The molecule has 21 heavy (non-hydrogen) atoms. The van der Waals surface area contributed by atoms with Crippen molar-refractivity contribution >= 4 is 11.9 Å². The molecule has 1 aliphatic carbocycles. The van der Waals surface area contributed by atoms with Gasteiger partial charge in [0.15, 0.2) is 0 Å². The topological polar surface area (TPSA) is 76.7 Å². The van der Waals surface area contributed by atoms with Crippen LogP contribution < -0.4 is 11.1 Å². The minimum absolute atomic E-state index is 0.153. The number of aryl methyl sites for hydroxylation is 3. The summed E-state index contributed by atoms with van der Waals surface area (Å²) in [6.45, 7) is 6.33. The molecule has 3 N–H and O–H groups in total. The van der Waals surface area contributed by atoms with Crippen molar-refractivity contribution in [3.63, 3.8) is 0 Å². The molecule has 1 aromatic carbocycles. The molecular weight excluding hydrogens is 262 g/mol. The van der Waals surface area contributed by atoms with E-state index < -0.39 is 0 Å². The molecule has 5 nitrogen and oxygen atoms in total. The van der Waals surface area contributed by atoms with Gasteiger partial charge in [-0.25, -0.2) is 0 Å². The number of nitrogens with two attached hydrogens (primary N) is 1. The second-order valence-electron chi connectivity index (χ2n) is 5.90. The first-order valence-electron chi connectivity index (χ1n) is 7.39. The Morgan fingerprint density at radius 3 is 2.86 bits per heavy atom. The smallest absolute Gasteiger partial charge is 0.228 e. The summed E-state index contributed by atoms with van der Waals surface area (Å²) in [6, 6.07) is 6.64. The largest absolute Gasteiger partial charge is 0.368 e. The van der Waals surface area contributed by atoms with Crippen molar-refractivity contribution in [2.75, 3.05) is 11.1 Å². The maximum absolute atomic E-state index is 5.77. The van der Waals surface area contributed by atoms with E-state index in [1.165, 1.54) is 16.7 Å². The lowest BCUT2D eigenvalue weighted by Crippen LogP contribution is -2.30. The molecule has 0 aliphatic heterocycles. The summed E-state index contributed by atoms with van der Waals surface area (Å²) in [5.74, 6) is 1.56. The standard InChI is InChI=1S/C16H21N5/c1-4-13-18-14(17)20-15(19-13)21-16(3)8-7-11-6-5-10(2)9-12(11)16/h5-6,9H,4,7-8H2,1-3H3,(H3,17,18,19,20,21)/t16-/m1/s1. The summed E-state index contributed by atoms with van der Waals surface area (Å²) in [7, 11) is 0. The van der Waals surface area contributed by atoms with Crippen molar-refractivity contribution in [1.29, 1.82) is 0 Å².